The first-order valence-corrected chi connectivity index (χ1v) is 4.51. The number of benzene rings is 1. The van der Waals surface area contributed by atoms with Crippen molar-refractivity contribution in [3.05, 3.63) is 36.7 Å². The Bertz CT molecular complexity index is 565. The highest BCUT2D eigenvalue weighted by Crippen LogP contribution is 2.20. The summed E-state index contributed by atoms with van der Waals surface area (Å²) in [7, 11) is 0. The van der Waals surface area contributed by atoms with Gasteiger partial charge < -0.3 is 5.11 Å². The number of fused-ring (bicyclic) bond motifs is 1. The molecule has 15 heavy (non-hydrogen) atoms. The molecule has 2 aromatic heterocycles. The zero-order valence-corrected chi connectivity index (χ0v) is 7.75. The van der Waals surface area contributed by atoms with Crippen molar-refractivity contribution in [2.75, 3.05) is 0 Å². The number of phenols is 1. The first kappa shape index (κ1) is 8.05. The van der Waals surface area contributed by atoms with Gasteiger partial charge in [0, 0.05) is 6.07 Å². The van der Waals surface area contributed by atoms with E-state index in [0.717, 1.165) is 16.9 Å². The van der Waals surface area contributed by atoms with Crippen LogP contribution in [0.3, 0.4) is 0 Å². The summed E-state index contributed by atoms with van der Waals surface area (Å²) in [5, 5.41) is 16.2. The number of aromatic amines is 1. The Labute approximate surface area is 85.0 Å². The van der Waals surface area contributed by atoms with E-state index in [4.69, 9.17) is 5.11 Å². The lowest BCUT2D eigenvalue weighted by atomic mass is 10.1. The second-order valence-electron chi connectivity index (χ2n) is 3.25. The van der Waals surface area contributed by atoms with Crippen molar-refractivity contribution < 1.29 is 5.11 Å². The van der Waals surface area contributed by atoms with E-state index in [1.807, 2.05) is 18.2 Å². The molecule has 5 heteroatoms. The van der Waals surface area contributed by atoms with E-state index in [9.17, 15) is 0 Å². The van der Waals surface area contributed by atoms with Gasteiger partial charge in [-0.2, -0.15) is 4.63 Å². The highest BCUT2D eigenvalue weighted by atomic mass is 16.3. The number of nitrogens with zero attached hydrogens (tertiary/aromatic N) is 3. The second-order valence-corrected chi connectivity index (χ2v) is 3.25. The molecule has 74 valence electrons. The maximum absolute atomic E-state index is 9.16. The summed E-state index contributed by atoms with van der Waals surface area (Å²) in [5.41, 5.74) is 2.68. The zero-order valence-electron chi connectivity index (χ0n) is 7.75. The smallest absolute Gasteiger partial charge is 0.175 e. The molecule has 0 unspecified atom stereocenters. The topological polar surface area (TPSA) is 66.2 Å². The molecule has 0 amide bonds. The molecule has 0 aliphatic carbocycles. The summed E-state index contributed by atoms with van der Waals surface area (Å²) >= 11 is 0. The second kappa shape index (κ2) is 2.84. The highest BCUT2D eigenvalue weighted by molar-refractivity contribution is 5.64. The van der Waals surface area contributed by atoms with E-state index in [2.05, 4.69) is 15.2 Å². The summed E-state index contributed by atoms with van der Waals surface area (Å²) in [6, 6.07) is 8.86. The zero-order chi connectivity index (χ0) is 10.3. The highest BCUT2D eigenvalue weighted by Gasteiger charge is 2.03. The van der Waals surface area contributed by atoms with Gasteiger partial charge in [-0.1, -0.05) is 0 Å². The molecule has 0 saturated heterocycles. The van der Waals surface area contributed by atoms with Crippen LogP contribution in [0.5, 0.6) is 5.75 Å². The molecule has 0 aliphatic heterocycles. The van der Waals surface area contributed by atoms with E-state index in [1.165, 1.54) is 6.33 Å². The number of phenolic OH excluding ortho intramolecular Hbond substituents is 1. The van der Waals surface area contributed by atoms with Crippen LogP contribution < -0.4 is 0 Å². The minimum Gasteiger partial charge on any atom is -0.508 e. The number of hydrogen-bond donors (Lipinski definition) is 2. The third-order valence-corrected chi connectivity index (χ3v) is 2.25. The van der Waals surface area contributed by atoms with Gasteiger partial charge in [0.2, 0.25) is 0 Å². The van der Waals surface area contributed by atoms with Crippen LogP contribution in [0.25, 0.3) is 16.9 Å². The molecule has 2 N–H and O–H groups in total. The molecule has 3 aromatic rings. The Morgan fingerprint density at radius 1 is 1.20 bits per heavy atom. The van der Waals surface area contributed by atoms with Crippen molar-refractivity contribution in [2.24, 2.45) is 0 Å². The van der Waals surface area contributed by atoms with Crippen molar-refractivity contribution in [3.63, 3.8) is 0 Å². The summed E-state index contributed by atoms with van der Waals surface area (Å²) in [6.45, 7) is 0. The molecule has 0 aliphatic rings. The first-order valence-electron chi connectivity index (χ1n) is 4.51. The third kappa shape index (κ3) is 1.25. The molecule has 0 saturated carbocycles. The van der Waals surface area contributed by atoms with Gasteiger partial charge in [-0.25, -0.2) is 4.98 Å². The molecule has 0 radical (unpaired) electrons. The summed E-state index contributed by atoms with van der Waals surface area (Å²) in [4.78, 5) is 4.05. The minimum absolute atomic E-state index is 0.258. The Morgan fingerprint density at radius 3 is 2.73 bits per heavy atom. The van der Waals surface area contributed by atoms with E-state index >= 15 is 0 Å². The van der Waals surface area contributed by atoms with Gasteiger partial charge in [-0.15, -0.1) is 5.10 Å². The SMILES string of the molecule is Oc1ccc(-c2cc3ncnn3[nH]2)cc1. The van der Waals surface area contributed by atoms with Crippen LogP contribution in [0.2, 0.25) is 0 Å². The molecule has 3 rings (SSSR count). The van der Waals surface area contributed by atoms with Crippen molar-refractivity contribution in [3.8, 4) is 17.0 Å². The fraction of sp³-hybridized carbons (Fsp3) is 0. The predicted molar refractivity (Wildman–Crippen MR) is 54.4 cm³/mol. The lowest BCUT2D eigenvalue weighted by Crippen LogP contribution is -1.85. The van der Waals surface area contributed by atoms with Gasteiger partial charge in [0.1, 0.15) is 12.1 Å². The average Bonchev–Trinajstić information content (AvgIpc) is 2.78. The van der Waals surface area contributed by atoms with Gasteiger partial charge in [0.15, 0.2) is 5.65 Å². The van der Waals surface area contributed by atoms with E-state index in [1.54, 1.807) is 16.8 Å². The van der Waals surface area contributed by atoms with E-state index < -0.39 is 0 Å². The van der Waals surface area contributed by atoms with Crippen LogP contribution in [0.1, 0.15) is 0 Å². The molecule has 5 nitrogen and oxygen atoms in total. The van der Waals surface area contributed by atoms with Crippen LogP contribution in [0.4, 0.5) is 0 Å². The average molecular weight is 200 g/mol. The standard InChI is InChI=1S/C10H8N4O/c15-8-3-1-7(2-4-8)9-5-10-11-6-12-14(10)13-9/h1-6,13,15H. The third-order valence-electron chi connectivity index (χ3n) is 2.25. The fourth-order valence-corrected chi connectivity index (χ4v) is 1.50. The van der Waals surface area contributed by atoms with Crippen LogP contribution >= 0.6 is 0 Å². The maximum Gasteiger partial charge on any atom is 0.175 e. The number of aromatic hydroxyl groups is 1. The molecular formula is C10H8N4O. The lowest BCUT2D eigenvalue weighted by molar-refractivity contribution is 0.475. The van der Waals surface area contributed by atoms with Crippen molar-refractivity contribution >= 4 is 5.65 Å². The Balaban J connectivity index is 2.13. The number of H-pyrrole nitrogens is 1. The molecule has 2 heterocycles. The van der Waals surface area contributed by atoms with Gasteiger partial charge in [-0.05, 0) is 29.8 Å². The molecule has 0 fully saturated rings. The fourth-order valence-electron chi connectivity index (χ4n) is 1.50. The number of hydrogen-bond acceptors (Lipinski definition) is 3. The largest absolute Gasteiger partial charge is 0.508 e. The van der Waals surface area contributed by atoms with Crippen molar-refractivity contribution in [2.45, 2.75) is 0 Å². The molecule has 1 aromatic carbocycles. The normalized spacial score (nSPS) is 10.9. The Morgan fingerprint density at radius 2 is 2.00 bits per heavy atom. The van der Waals surface area contributed by atoms with Crippen LogP contribution in [-0.2, 0) is 0 Å². The van der Waals surface area contributed by atoms with Gasteiger partial charge in [0.05, 0.1) is 5.69 Å². The van der Waals surface area contributed by atoms with Crippen LogP contribution in [-0.4, -0.2) is 24.9 Å². The number of aromatic nitrogens is 4. The van der Waals surface area contributed by atoms with Crippen LogP contribution in [0.15, 0.2) is 36.7 Å². The Kier molecular flexibility index (Phi) is 1.53. The molecule has 0 atom stereocenters. The minimum atomic E-state index is 0.258. The monoisotopic (exact) mass is 200 g/mol. The quantitative estimate of drug-likeness (QED) is 0.624. The van der Waals surface area contributed by atoms with Gasteiger partial charge in [0.25, 0.3) is 0 Å². The van der Waals surface area contributed by atoms with Crippen molar-refractivity contribution in [1.29, 1.82) is 0 Å². The van der Waals surface area contributed by atoms with Gasteiger partial charge in [-0.3, -0.25) is 5.10 Å². The molecule has 0 bridgehead atoms. The Hall–Kier alpha value is -2.30. The summed E-state index contributed by atoms with van der Waals surface area (Å²) in [5.74, 6) is 0.258. The molecule has 0 spiro atoms. The summed E-state index contributed by atoms with van der Waals surface area (Å²) < 4.78 is 1.60. The summed E-state index contributed by atoms with van der Waals surface area (Å²) in [6.07, 6.45) is 1.49. The van der Waals surface area contributed by atoms with Crippen LogP contribution in [0, 0.1) is 0 Å². The van der Waals surface area contributed by atoms with E-state index in [0.29, 0.717) is 0 Å². The first-order chi connectivity index (χ1) is 7.33. The molecular weight excluding hydrogens is 192 g/mol. The number of nitrogens with one attached hydrogen (secondary N) is 1. The van der Waals surface area contributed by atoms with Gasteiger partial charge >= 0.3 is 0 Å². The maximum atomic E-state index is 9.16. The van der Waals surface area contributed by atoms with Crippen molar-refractivity contribution in [1.82, 2.24) is 19.8 Å². The predicted octanol–water partition coefficient (Wildman–Crippen LogP) is 1.43. The lowest BCUT2D eigenvalue weighted by Gasteiger charge is -1.96. The van der Waals surface area contributed by atoms with E-state index in [-0.39, 0.29) is 5.75 Å². The number of rotatable bonds is 1.